The predicted octanol–water partition coefficient (Wildman–Crippen LogP) is 5.54. The van der Waals surface area contributed by atoms with Crippen molar-refractivity contribution in [1.82, 2.24) is 9.88 Å². The quantitative estimate of drug-likeness (QED) is 0.453. The Hall–Kier alpha value is -2.96. The summed E-state index contributed by atoms with van der Waals surface area (Å²) in [5.41, 5.74) is 9.18. The number of ether oxygens (including phenoxy) is 1. The number of pyridine rings is 1. The van der Waals surface area contributed by atoms with Gasteiger partial charge in [0.25, 0.3) is 0 Å². The minimum atomic E-state index is -0.488. The first kappa shape index (κ1) is 18.4. The molecule has 0 atom stereocenters. The minimum Gasteiger partial charge on any atom is -0.453 e. The average molecular weight is 393 g/mol. The Labute approximate surface area is 167 Å². The standard InChI is InChI=1S/C22H20FN3OS/c1-26(2)13-14-4-3-5-15(10-14)21-12-18-22(28-21)20(8-9-25-18)27-19-7-6-16(24)11-17(19)23/h3-12H,13,24H2,1-2H3. The molecule has 0 saturated heterocycles. The van der Waals surface area contributed by atoms with Crippen LogP contribution in [0.2, 0.25) is 0 Å². The number of aromatic nitrogens is 1. The summed E-state index contributed by atoms with van der Waals surface area (Å²) in [6.45, 7) is 0.877. The highest BCUT2D eigenvalue weighted by molar-refractivity contribution is 7.22. The number of nitrogens with zero attached hydrogens (tertiary/aromatic N) is 2. The third-order valence-corrected chi connectivity index (χ3v) is 5.45. The van der Waals surface area contributed by atoms with E-state index in [1.807, 2.05) is 6.07 Å². The van der Waals surface area contributed by atoms with Crippen LogP contribution < -0.4 is 10.5 Å². The number of halogens is 1. The van der Waals surface area contributed by atoms with Crippen LogP contribution in [-0.4, -0.2) is 24.0 Å². The molecule has 0 amide bonds. The lowest BCUT2D eigenvalue weighted by Crippen LogP contribution is -2.10. The molecule has 0 bridgehead atoms. The molecule has 4 aromatic rings. The van der Waals surface area contributed by atoms with Gasteiger partial charge in [-0.2, -0.15) is 0 Å². The van der Waals surface area contributed by atoms with Gasteiger partial charge in [-0.1, -0.05) is 18.2 Å². The van der Waals surface area contributed by atoms with E-state index in [9.17, 15) is 4.39 Å². The minimum absolute atomic E-state index is 0.143. The van der Waals surface area contributed by atoms with Crippen LogP contribution in [0.4, 0.5) is 10.1 Å². The normalized spacial score (nSPS) is 11.3. The summed E-state index contributed by atoms with van der Waals surface area (Å²) in [5.74, 6) is 0.233. The van der Waals surface area contributed by atoms with Crippen molar-refractivity contribution in [1.29, 1.82) is 0 Å². The first-order chi connectivity index (χ1) is 13.5. The Balaban J connectivity index is 1.71. The molecule has 2 aromatic heterocycles. The predicted molar refractivity (Wildman–Crippen MR) is 113 cm³/mol. The first-order valence-electron chi connectivity index (χ1n) is 8.85. The lowest BCUT2D eigenvalue weighted by atomic mass is 10.1. The van der Waals surface area contributed by atoms with Gasteiger partial charge in [-0.05, 0) is 49.5 Å². The Bertz CT molecular complexity index is 1140. The van der Waals surface area contributed by atoms with Crippen molar-refractivity contribution in [2.24, 2.45) is 0 Å². The highest BCUT2D eigenvalue weighted by Gasteiger charge is 2.13. The van der Waals surface area contributed by atoms with Crippen molar-refractivity contribution < 1.29 is 9.13 Å². The molecule has 0 spiro atoms. The molecular weight excluding hydrogens is 373 g/mol. The number of hydrogen-bond donors (Lipinski definition) is 1. The number of anilines is 1. The van der Waals surface area contributed by atoms with Gasteiger partial charge in [0.05, 0.1) is 10.2 Å². The van der Waals surface area contributed by atoms with E-state index >= 15 is 0 Å². The molecule has 142 valence electrons. The molecule has 2 heterocycles. The molecule has 4 nitrogen and oxygen atoms in total. The van der Waals surface area contributed by atoms with Gasteiger partial charge in [-0.15, -0.1) is 11.3 Å². The van der Waals surface area contributed by atoms with Crippen LogP contribution in [0.5, 0.6) is 11.5 Å². The van der Waals surface area contributed by atoms with Gasteiger partial charge < -0.3 is 15.4 Å². The lowest BCUT2D eigenvalue weighted by molar-refractivity contribution is 0.402. The van der Waals surface area contributed by atoms with Gasteiger partial charge in [0.2, 0.25) is 0 Å². The third kappa shape index (κ3) is 3.83. The monoisotopic (exact) mass is 393 g/mol. The fourth-order valence-corrected chi connectivity index (χ4v) is 4.11. The van der Waals surface area contributed by atoms with Crippen molar-refractivity contribution in [3.63, 3.8) is 0 Å². The zero-order valence-electron chi connectivity index (χ0n) is 15.6. The smallest absolute Gasteiger partial charge is 0.167 e. The molecule has 0 radical (unpaired) electrons. The second kappa shape index (κ2) is 7.58. The molecule has 4 rings (SSSR count). The van der Waals surface area contributed by atoms with Crippen molar-refractivity contribution in [2.45, 2.75) is 6.54 Å². The zero-order valence-corrected chi connectivity index (χ0v) is 16.5. The van der Waals surface area contributed by atoms with Crippen molar-refractivity contribution in [2.75, 3.05) is 19.8 Å². The topological polar surface area (TPSA) is 51.4 Å². The van der Waals surface area contributed by atoms with Crippen LogP contribution in [0.3, 0.4) is 0 Å². The first-order valence-corrected chi connectivity index (χ1v) is 9.67. The van der Waals surface area contributed by atoms with E-state index in [1.165, 1.54) is 17.7 Å². The molecule has 0 aliphatic carbocycles. The summed E-state index contributed by atoms with van der Waals surface area (Å²) in [4.78, 5) is 7.68. The second-order valence-corrected chi connectivity index (χ2v) is 7.92. The van der Waals surface area contributed by atoms with E-state index in [1.54, 1.807) is 29.7 Å². The van der Waals surface area contributed by atoms with Gasteiger partial charge in [0.1, 0.15) is 5.75 Å². The summed E-state index contributed by atoms with van der Waals surface area (Å²) in [7, 11) is 4.10. The summed E-state index contributed by atoms with van der Waals surface area (Å²) < 4.78 is 20.9. The van der Waals surface area contributed by atoms with Crippen LogP contribution in [0.15, 0.2) is 60.8 Å². The van der Waals surface area contributed by atoms with Crippen LogP contribution in [0.1, 0.15) is 5.56 Å². The SMILES string of the molecule is CN(C)Cc1cccc(-c2cc3nccc(Oc4ccc(N)cc4F)c3s2)c1. The maximum Gasteiger partial charge on any atom is 0.167 e. The fourth-order valence-electron chi connectivity index (χ4n) is 3.04. The summed E-state index contributed by atoms with van der Waals surface area (Å²) in [6, 6.07) is 16.7. The van der Waals surface area contributed by atoms with E-state index in [4.69, 9.17) is 10.5 Å². The summed E-state index contributed by atoms with van der Waals surface area (Å²) >= 11 is 1.58. The van der Waals surface area contributed by atoms with Crippen LogP contribution in [0.25, 0.3) is 20.7 Å². The van der Waals surface area contributed by atoms with E-state index in [2.05, 4.69) is 48.2 Å². The molecule has 0 aliphatic rings. The van der Waals surface area contributed by atoms with Crippen LogP contribution in [0, 0.1) is 5.82 Å². The maximum absolute atomic E-state index is 14.1. The number of rotatable bonds is 5. The molecule has 0 fully saturated rings. The summed E-state index contributed by atoms with van der Waals surface area (Å²) in [5, 5.41) is 0. The molecule has 2 N–H and O–H groups in total. The van der Waals surface area contributed by atoms with Gasteiger partial charge in [0.15, 0.2) is 11.6 Å². The number of nitrogens with two attached hydrogens (primary N) is 1. The molecule has 6 heteroatoms. The second-order valence-electron chi connectivity index (χ2n) is 6.86. The summed E-state index contributed by atoms with van der Waals surface area (Å²) in [6.07, 6.45) is 1.67. The molecular formula is C22H20FN3OS. The number of fused-ring (bicyclic) bond motifs is 1. The number of hydrogen-bond acceptors (Lipinski definition) is 5. The Morgan fingerprint density at radius 1 is 1.07 bits per heavy atom. The van der Waals surface area contributed by atoms with Gasteiger partial charge in [-0.25, -0.2) is 4.39 Å². The van der Waals surface area contributed by atoms with Gasteiger partial charge >= 0.3 is 0 Å². The average Bonchev–Trinajstić information content (AvgIpc) is 3.09. The Kier molecular flexibility index (Phi) is 4.98. The van der Waals surface area contributed by atoms with Crippen molar-refractivity contribution in [3.05, 3.63) is 72.2 Å². The maximum atomic E-state index is 14.1. The Morgan fingerprint density at radius 2 is 1.93 bits per heavy atom. The van der Waals surface area contributed by atoms with E-state index in [0.717, 1.165) is 27.2 Å². The third-order valence-electron chi connectivity index (χ3n) is 4.26. The highest BCUT2D eigenvalue weighted by Crippen LogP contribution is 2.39. The van der Waals surface area contributed by atoms with Gasteiger partial charge in [-0.3, -0.25) is 4.98 Å². The van der Waals surface area contributed by atoms with Gasteiger partial charge in [0, 0.05) is 35.4 Å². The van der Waals surface area contributed by atoms with Crippen molar-refractivity contribution >= 4 is 27.2 Å². The molecule has 2 aromatic carbocycles. The largest absolute Gasteiger partial charge is 0.453 e. The Morgan fingerprint density at radius 3 is 2.71 bits per heavy atom. The van der Waals surface area contributed by atoms with E-state index in [0.29, 0.717) is 11.4 Å². The van der Waals surface area contributed by atoms with E-state index < -0.39 is 5.82 Å². The molecule has 0 aliphatic heterocycles. The number of nitrogen functional groups attached to an aromatic ring is 1. The molecule has 0 unspecified atom stereocenters. The molecule has 0 saturated carbocycles. The lowest BCUT2D eigenvalue weighted by Gasteiger charge is -2.10. The number of thiophene rings is 1. The highest BCUT2D eigenvalue weighted by atomic mass is 32.1. The number of benzene rings is 2. The van der Waals surface area contributed by atoms with Crippen LogP contribution in [-0.2, 0) is 6.54 Å². The van der Waals surface area contributed by atoms with E-state index in [-0.39, 0.29) is 5.75 Å². The zero-order chi connectivity index (χ0) is 19.7. The van der Waals surface area contributed by atoms with Crippen molar-refractivity contribution in [3.8, 4) is 21.9 Å². The van der Waals surface area contributed by atoms with Crippen LogP contribution >= 0.6 is 11.3 Å². The fraction of sp³-hybridized carbons (Fsp3) is 0.136. The molecule has 28 heavy (non-hydrogen) atoms.